The van der Waals surface area contributed by atoms with Crippen LogP contribution in [0.1, 0.15) is 118 Å². The Bertz CT molecular complexity index is 4920. The van der Waals surface area contributed by atoms with Crippen LogP contribution in [-0.2, 0) is 149 Å². The summed E-state index contributed by atoms with van der Waals surface area (Å²) in [6, 6.07) is 33.6. The molecule has 644 valence electrons. The summed E-state index contributed by atoms with van der Waals surface area (Å²) in [6.07, 6.45) is -6.08. The number of halogens is 2. The summed E-state index contributed by atoms with van der Waals surface area (Å²) in [4.78, 5) is 92.8. The fourth-order valence-electron chi connectivity index (χ4n) is 14.3. The van der Waals surface area contributed by atoms with Crippen molar-refractivity contribution >= 4 is 65.0 Å². The highest BCUT2D eigenvalue weighted by Gasteiger charge is 2.62. The molecular formula is C81H93Cl2N15O23. The molecule has 121 heavy (non-hydrogen) atoms. The fraction of sp³-hybridized carbons (Fsp3) is 0.494. The number of benzene rings is 4. The Morgan fingerprint density at radius 3 is 1.32 bits per heavy atom. The van der Waals surface area contributed by atoms with Crippen LogP contribution in [0.15, 0.2) is 152 Å². The summed E-state index contributed by atoms with van der Waals surface area (Å²) in [5, 5.41) is 42.3. The molecule has 0 saturated carbocycles. The van der Waals surface area contributed by atoms with Gasteiger partial charge >= 0.3 is 41.8 Å². The summed E-state index contributed by atoms with van der Waals surface area (Å²) in [7, 11) is 0. The molecule has 0 aliphatic carbocycles. The van der Waals surface area contributed by atoms with E-state index in [0.717, 1.165) is 0 Å². The van der Waals surface area contributed by atoms with Crippen LogP contribution in [0.3, 0.4) is 0 Å². The smallest absolute Gasteiger partial charge is 0.338 e. The lowest BCUT2D eigenvalue weighted by molar-refractivity contribution is -0.347. The Kier molecular flexibility index (Phi) is 29.9. The molecule has 4 aliphatic heterocycles. The fourth-order valence-corrected chi connectivity index (χ4v) is 14.9. The van der Waals surface area contributed by atoms with E-state index in [1.165, 1.54) is 30.1 Å². The van der Waals surface area contributed by atoms with Crippen molar-refractivity contribution in [2.75, 3.05) is 25.7 Å². The topological polar surface area (TPSA) is 421 Å². The van der Waals surface area contributed by atoms with Gasteiger partial charge in [0, 0.05) is 44.7 Å². The van der Waals surface area contributed by atoms with Gasteiger partial charge in [-0.1, -0.05) is 127 Å². The van der Waals surface area contributed by atoms with E-state index in [2.05, 4.69) is 51.6 Å². The van der Waals surface area contributed by atoms with Crippen LogP contribution < -0.4 is 0 Å². The Morgan fingerprint density at radius 1 is 0.413 bits per heavy atom. The van der Waals surface area contributed by atoms with Gasteiger partial charge in [0.05, 0.1) is 142 Å². The van der Waals surface area contributed by atoms with Crippen LogP contribution >= 0.6 is 23.2 Å². The van der Waals surface area contributed by atoms with E-state index >= 15 is 0 Å². The molecule has 4 fully saturated rings. The minimum Gasteiger partial charge on any atom is -0.463 e. The molecule has 0 amide bonds. The van der Waals surface area contributed by atoms with Gasteiger partial charge in [-0.05, 0) is 61.4 Å². The normalized spacial score (nSPS) is 26.5. The zero-order valence-electron chi connectivity index (χ0n) is 67.4. The second-order valence-corrected chi connectivity index (χ2v) is 30.5. The summed E-state index contributed by atoms with van der Waals surface area (Å²) in [6.45, 7) is 13.2. The summed E-state index contributed by atoms with van der Waals surface area (Å²) in [5.74, 6) is -9.03. The van der Waals surface area contributed by atoms with Crippen molar-refractivity contribution in [3.8, 4) is 0 Å². The third-order valence-electron chi connectivity index (χ3n) is 20.7. The quantitative estimate of drug-likeness (QED) is 0.0167. The zero-order valence-corrected chi connectivity index (χ0v) is 68.9. The van der Waals surface area contributed by atoms with E-state index in [-0.39, 0.29) is 95.4 Å². The number of aromatic nitrogens is 15. The van der Waals surface area contributed by atoms with Gasteiger partial charge in [-0.25, -0.2) is 42.6 Å². The highest BCUT2D eigenvalue weighted by atomic mass is 35.5. The molecule has 4 aliphatic rings. The Labute approximate surface area is 704 Å². The summed E-state index contributed by atoms with van der Waals surface area (Å²) < 4.78 is 107. The monoisotopic (exact) mass is 1710 g/mol. The van der Waals surface area contributed by atoms with Crippen LogP contribution in [-0.4, -0.2) is 234 Å². The molecule has 19 atom stereocenters. The molecule has 38 nitrogen and oxygen atoms in total. The number of carbonyl (C=O) groups excluding carboxylic acids is 7. The molecule has 40 heteroatoms. The lowest BCUT2D eigenvalue weighted by Gasteiger charge is -2.45. The van der Waals surface area contributed by atoms with Crippen molar-refractivity contribution in [1.82, 2.24) is 75.0 Å². The molecule has 4 aromatic carbocycles. The van der Waals surface area contributed by atoms with Crippen LogP contribution in [0, 0.1) is 30.6 Å². The Hall–Kier alpha value is -10.9. The highest BCUT2D eigenvalue weighted by molar-refractivity contribution is 6.21. The molecule has 0 N–H and O–H groups in total. The van der Waals surface area contributed by atoms with Gasteiger partial charge in [0.25, 0.3) is 0 Å². The van der Waals surface area contributed by atoms with Gasteiger partial charge in [0.15, 0.2) is 43.3 Å². The van der Waals surface area contributed by atoms with E-state index in [4.69, 9.17) is 99.0 Å². The highest BCUT2D eigenvalue weighted by Crippen LogP contribution is 2.44. The van der Waals surface area contributed by atoms with Crippen LogP contribution in [0.4, 0.5) is 0 Å². The number of carbonyl (C=O) groups is 7. The standard InChI is InChI=1S/C81H93Cl2N15O23/c1-47-33-96(89-84-47)39-64-70(118-76(104)57-25-17-11-18-26-57)69(117-75(103)56-23-15-10-16-24-56)51(5)78(114-64)109-43-61-34-94(90-87-61)29-31-106-32-30-95-35-62(88-91-95)44-110-80-72(119-77(105)58-27-19-12-20-28-58)68(116-74(102)55-21-13-9-14-22-55)50(4)63(113-80)38-97-36-59(85-92-97)41-107-42-60-37-98(93-86-60)40-65-71(111-53(7)100)73(112-54(8)101)81(46-82,120-65)121-79-49(3)48(2)67(83)66(115-79)45-108-52(6)99/h9-28,33-37,48-51,63-73,78-80H,29-32,38-46H2,1-8H3/t48-,49+,50-,51+,63-,64-,65?,66-,67-,68+,69-,70-,71-,72+,73+,78-,79-,80-,81+/m1/s1. The summed E-state index contributed by atoms with van der Waals surface area (Å²) in [5.41, 5.74) is 3.33. The minimum atomic E-state index is -1.94. The van der Waals surface area contributed by atoms with E-state index in [1.54, 1.807) is 187 Å². The van der Waals surface area contributed by atoms with Gasteiger partial charge in [0.2, 0.25) is 5.79 Å². The van der Waals surface area contributed by atoms with E-state index in [0.29, 0.717) is 46.1 Å². The molecular weight excluding hydrogens is 1620 g/mol. The summed E-state index contributed by atoms with van der Waals surface area (Å²) >= 11 is 13.5. The van der Waals surface area contributed by atoms with Crippen molar-refractivity contribution in [2.24, 2.45) is 23.7 Å². The first-order valence-electron chi connectivity index (χ1n) is 39.3. The molecule has 9 aromatic rings. The largest absolute Gasteiger partial charge is 0.463 e. The predicted octanol–water partition coefficient (Wildman–Crippen LogP) is 6.83. The average molecular weight is 1720 g/mol. The minimum absolute atomic E-state index is 0.0324. The molecule has 0 spiro atoms. The zero-order chi connectivity index (χ0) is 85.3. The number of rotatable bonds is 37. The van der Waals surface area contributed by atoms with Gasteiger partial charge in [-0.15, -0.1) is 48.7 Å². The van der Waals surface area contributed by atoms with E-state index < -0.39 is 151 Å². The first-order chi connectivity index (χ1) is 58.4. The first kappa shape index (κ1) is 87.9. The molecule has 0 bridgehead atoms. The van der Waals surface area contributed by atoms with Crippen LogP contribution in [0.2, 0.25) is 0 Å². The SMILES string of the molecule is CC(=O)OC[C@H]1O[C@H](O[C@]2(CCl)OC(Cn3cc(COCc4cn(C[C@H]5O[C@@H](OCc6cn(CCOCCn7cc(CO[C@@H]8O[C@H](Cn9cc(C)nn9)[C@@H](OC(=O)c9ccccc9)[C@H](OC(=O)c9ccccc9)[C@@H]8C)nn7)nn6)[C@@H](OC(=O)c6ccccc6)[C@@H](OC(=O)c6ccccc6)[C@@H]5C)nn4)nn3)[C@@H](OC(C)=O)[C@@H]2OC(C)=O)[C@@H](C)[C@@H](C)[C@H]1Cl. The number of alkyl halides is 2. The molecule has 4 saturated heterocycles. The molecule has 1 unspecified atom stereocenters. The second kappa shape index (κ2) is 41.1. The maximum absolute atomic E-state index is 14.1. The maximum atomic E-state index is 14.1. The molecule has 9 heterocycles. The lowest BCUT2D eigenvalue weighted by atomic mass is 9.86. The lowest BCUT2D eigenvalue weighted by Crippen LogP contribution is -2.58. The maximum Gasteiger partial charge on any atom is 0.338 e. The van der Waals surface area contributed by atoms with Gasteiger partial charge < -0.3 is 75.8 Å². The van der Waals surface area contributed by atoms with Gasteiger partial charge in [-0.3, -0.25) is 14.4 Å². The van der Waals surface area contributed by atoms with Crippen molar-refractivity contribution in [1.29, 1.82) is 0 Å². The van der Waals surface area contributed by atoms with Crippen molar-refractivity contribution in [2.45, 2.75) is 206 Å². The molecule has 13 rings (SSSR count). The van der Waals surface area contributed by atoms with Crippen molar-refractivity contribution < 1.29 is 109 Å². The number of esters is 7. The molecule has 0 radical (unpaired) electrons. The van der Waals surface area contributed by atoms with Gasteiger partial charge in [0.1, 0.15) is 59.9 Å². The molecule has 5 aromatic heterocycles. The number of aryl methyl sites for hydroxylation is 1. The Morgan fingerprint density at radius 2 is 0.835 bits per heavy atom. The number of nitrogens with zero attached hydrogens (tertiary/aromatic N) is 15. The third-order valence-corrected chi connectivity index (χ3v) is 21.8. The predicted molar refractivity (Wildman–Crippen MR) is 416 cm³/mol. The average Bonchev–Trinajstić information content (AvgIpc) is 1.60. The second-order valence-electron chi connectivity index (χ2n) is 29.7. The Balaban J connectivity index is 0.623. The van der Waals surface area contributed by atoms with Gasteiger partial charge in [-0.2, -0.15) is 0 Å². The van der Waals surface area contributed by atoms with E-state index in [9.17, 15) is 33.6 Å². The third kappa shape index (κ3) is 22.8. The first-order valence-corrected chi connectivity index (χ1v) is 40.3. The number of hydrogen-bond acceptors (Lipinski definition) is 33. The van der Waals surface area contributed by atoms with Crippen molar-refractivity contribution in [3.05, 3.63) is 203 Å². The van der Waals surface area contributed by atoms with Crippen LogP contribution in [0.25, 0.3) is 0 Å². The van der Waals surface area contributed by atoms with Crippen molar-refractivity contribution in [3.63, 3.8) is 0 Å². The number of hydrogen-bond donors (Lipinski definition) is 0. The van der Waals surface area contributed by atoms with Crippen LogP contribution in [0.5, 0.6) is 0 Å². The van der Waals surface area contributed by atoms with E-state index in [1.807, 2.05) is 13.8 Å². The number of ether oxygens (including phenoxy) is 16.